The zero-order chi connectivity index (χ0) is 59.3. The number of pyridine rings is 2. The number of amides is 4. The molecule has 0 bridgehead atoms. The van der Waals surface area contributed by atoms with Gasteiger partial charge in [0.2, 0.25) is 11.8 Å². The van der Waals surface area contributed by atoms with Crippen molar-refractivity contribution in [3.63, 3.8) is 0 Å². The summed E-state index contributed by atoms with van der Waals surface area (Å²) in [6, 6.07) is 36.0. The topological polar surface area (TPSA) is 192 Å². The standard InChI is InChI=1S/C33H35F3N4O3.C32H34Cl2N4O3/c1-32(19-24-20-38-27-15-6-5-14-26(24)27,40-31(42)43-21-22-10-9-13-25(18-22)33(34,35)36)30(41)39-29(23-11-3-2-4-12-23)28-16-7-8-17-37-28;1-32(18-23-19-36-26-15-6-5-13-24(23)26,38-31(40)41-20-22-12-9-14-25(33)28(22)34)30(39)37-29(21-10-3-2-4-11-21)27-16-7-8-17-35-27/h5-10,13-18,20,23,29,38H,2-4,11-12,19,21H2,1H3,(H,39,41)(H,40,42);5-9,12-17,19,21,29,36H,2-4,10-11,18,20H2,1H3,(H,37,39)(H,38,40)/t2*29?,32-/m00/s1. The Hall–Kier alpha value is -7.89. The summed E-state index contributed by atoms with van der Waals surface area (Å²) >= 11 is 12.4. The number of aromatic nitrogens is 4. The lowest BCUT2D eigenvalue weighted by Crippen LogP contribution is -2.59. The van der Waals surface area contributed by atoms with E-state index in [2.05, 4.69) is 41.2 Å². The third-order valence-corrected chi connectivity index (χ3v) is 16.9. The first-order valence-electron chi connectivity index (χ1n) is 28.5. The van der Waals surface area contributed by atoms with Gasteiger partial charge in [0.15, 0.2) is 0 Å². The second kappa shape index (κ2) is 27.7. The summed E-state index contributed by atoms with van der Waals surface area (Å²) in [6.07, 6.45) is 12.0. The van der Waals surface area contributed by atoms with E-state index in [-0.39, 0.29) is 61.4 Å². The van der Waals surface area contributed by atoms with Crippen molar-refractivity contribution in [1.82, 2.24) is 41.2 Å². The Bertz CT molecular complexity index is 3520. The van der Waals surface area contributed by atoms with Crippen molar-refractivity contribution in [2.75, 3.05) is 0 Å². The number of ether oxygens (including phenoxy) is 2. The van der Waals surface area contributed by atoms with Crippen LogP contribution in [0.25, 0.3) is 21.8 Å². The number of fused-ring (bicyclic) bond motifs is 2. The maximum absolute atomic E-state index is 14.2. The minimum atomic E-state index is -4.52. The van der Waals surface area contributed by atoms with Crippen LogP contribution in [0.3, 0.4) is 0 Å². The van der Waals surface area contributed by atoms with Gasteiger partial charge in [-0.1, -0.05) is 135 Å². The van der Waals surface area contributed by atoms with E-state index in [1.807, 2.05) is 97.3 Å². The number of carbonyl (C=O) groups is 4. The van der Waals surface area contributed by atoms with Crippen LogP contribution in [0.4, 0.5) is 22.8 Å². The zero-order valence-electron chi connectivity index (χ0n) is 46.9. The van der Waals surface area contributed by atoms with Crippen LogP contribution >= 0.6 is 23.2 Å². The molecule has 2 aliphatic carbocycles. The smallest absolute Gasteiger partial charge is 0.416 e. The van der Waals surface area contributed by atoms with Crippen molar-refractivity contribution in [2.45, 2.75) is 133 Å². The third-order valence-electron chi connectivity index (χ3n) is 16.0. The number of rotatable bonds is 18. The highest BCUT2D eigenvalue weighted by Gasteiger charge is 2.42. The number of benzene rings is 4. The van der Waals surface area contributed by atoms with Gasteiger partial charge >= 0.3 is 18.4 Å². The second-order valence-electron chi connectivity index (χ2n) is 22.3. The van der Waals surface area contributed by atoms with E-state index >= 15 is 0 Å². The molecule has 84 heavy (non-hydrogen) atoms. The Balaban J connectivity index is 0.000000202. The van der Waals surface area contributed by atoms with Gasteiger partial charge in [0.25, 0.3) is 0 Å². The Morgan fingerprint density at radius 1 is 0.571 bits per heavy atom. The number of nitrogens with zero attached hydrogens (tertiary/aromatic N) is 2. The number of halogens is 5. The highest BCUT2D eigenvalue weighted by molar-refractivity contribution is 6.42. The highest BCUT2D eigenvalue weighted by atomic mass is 35.5. The van der Waals surface area contributed by atoms with Crippen LogP contribution in [0.15, 0.2) is 152 Å². The summed E-state index contributed by atoms with van der Waals surface area (Å²) in [7, 11) is 0. The lowest BCUT2D eigenvalue weighted by Gasteiger charge is -2.35. The maximum atomic E-state index is 14.2. The third kappa shape index (κ3) is 15.5. The van der Waals surface area contributed by atoms with E-state index in [4.69, 9.17) is 32.7 Å². The fourth-order valence-electron chi connectivity index (χ4n) is 11.5. The minimum absolute atomic E-state index is 0.0886. The molecule has 2 saturated carbocycles. The van der Waals surface area contributed by atoms with Crippen LogP contribution in [0.5, 0.6) is 0 Å². The van der Waals surface area contributed by atoms with Crippen molar-refractivity contribution in [1.29, 1.82) is 0 Å². The van der Waals surface area contributed by atoms with Crippen molar-refractivity contribution >= 4 is 69.0 Å². The molecular formula is C65H69Cl2F3N8O6. The molecular weight excluding hydrogens is 1120 g/mol. The molecule has 4 aromatic heterocycles. The largest absolute Gasteiger partial charge is 0.445 e. The van der Waals surface area contributed by atoms with Gasteiger partial charge in [-0.15, -0.1) is 0 Å². The van der Waals surface area contributed by atoms with E-state index in [0.717, 1.165) is 114 Å². The predicted molar refractivity (Wildman–Crippen MR) is 319 cm³/mol. The number of alkyl carbamates (subject to hydrolysis) is 2. The highest BCUT2D eigenvalue weighted by Crippen LogP contribution is 2.37. The molecule has 0 saturated heterocycles. The van der Waals surface area contributed by atoms with Gasteiger partial charge in [-0.2, -0.15) is 13.2 Å². The molecule has 19 heteroatoms. The molecule has 6 N–H and O–H groups in total. The normalized spacial score (nSPS) is 16.2. The van der Waals surface area contributed by atoms with Crippen LogP contribution in [-0.4, -0.2) is 55.0 Å². The number of alkyl halides is 3. The molecule has 4 atom stereocenters. The van der Waals surface area contributed by atoms with E-state index in [9.17, 15) is 32.3 Å². The van der Waals surface area contributed by atoms with Gasteiger partial charge in [0.05, 0.1) is 39.1 Å². The molecule has 14 nitrogen and oxygen atoms in total. The number of H-pyrrole nitrogens is 2. The fraction of sp³-hybridized carbons (Fsp3) is 0.354. The maximum Gasteiger partial charge on any atom is 0.416 e. The summed E-state index contributed by atoms with van der Waals surface area (Å²) in [5.41, 5.74) is 2.27. The molecule has 2 unspecified atom stereocenters. The molecule has 440 valence electrons. The van der Waals surface area contributed by atoms with Crippen LogP contribution < -0.4 is 21.3 Å². The number of nitrogens with one attached hydrogen (secondary N) is 6. The van der Waals surface area contributed by atoms with Gasteiger partial charge in [0.1, 0.15) is 24.3 Å². The molecule has 4 heterocycles. The summed E-state index contributed by atoms with van der Waals surface area (Å²) in [6.45, 7) is 2.88. The molecule has 0 radical (unpaired) electrons. The molecule has 0 spiro atoms. The first-order chi connectivity index (χ1) is 40.5. The summed E-state index contributed by atoms with van der Waals surface area (Å²) in [5, 5.41) is 14.7. The van der Waals surface area contributed by atoms with Crippen molar-refractivity contribution in [2.24, 2.45) is 11.8 Å². The fourth-order valence-corrected chi connectivity index (χ4v) is 11.9. The quantitative estimate of drug-likeness (QED) is 0.0489. The van der Waals surface area contributed by atoms with Crippen LogP contribution in [-0.2, 0) is 51.3 Å². The van der Waals surface area contributed by atoms with Gasteiger partial charge in [-0.3, -0.25) is 19.6 Å². The first kappa shape index (κ1) is 60.7. The molecule has 4 amide bonds. The van der Waals surface area contributed by atoms with Gasteiger partial charge in [-0.25, -0.2) is 9.59 Å². The predicted octanol–water partition coefficient (Wildman–Crippen LogP) is 14.8. The molecule has 10 rings (SSSR count). The number of carbonyl (C=O) groups excluding carboxylic acids is 4. The Labute approximate surface area is 496 Å². The Kier molecular flexibility index (Phi) is 20.0. The van der Waals surface area contributed by atoms with Crippen molar-refractivity contribution < 1.29 is 41.8 Å². The van der Waals surface area contributed by atoms with E-state index in [1.54, 1.807) is 44.4 Å². The number of aromatic amines is 2. The second-order valence-corrected chi connectivity index (χ2v) is 23.0. The summed E-state index contributed by atoms with van der Waals surface area (Å²) < 4.78 is 50.3. The Morgan fingerprint density at radius 2 is 1.04 bits per heavy atom. The van der Waals surface area contributed by atoms with Crippen LogP contribution in [0.2, 0.25) is 10.0 Å². The average molecular weight is 1190 g/mol. The number of hydrogen-bond donors (Lipinski definition) is 6. The zero-order valence-corrected chi connectivity index (χ0v) is 48.4. The summed E-state index contributed by atoms with van der Waals surface area (Å²) in [5.74, 6) is -0.258. The lowest BCUT2D eigenvalue weighted by molar-refractivity contribution is -0.137. The molecule has 2 fully saturated rings. The van der Waals surface area contributed by atoms with E-state index in [0.29, 0.717) is 15.6 Å². The average Bonchev–Trinajstić information content (AvgIpc) is 3.87. The monoisotopic (exact) mass is 1180 g/mol. The molecule has 8 aromatic rings. The number of hydrogen-bond acceptors (Lipinski definition) is 8. The van der Waals surface area contributed by atoms with Gasteiger partial charge in [0, 0.05) is 65.0 Å². The number of para-hydroxylation sites is 2. The first-order valence-corrected chi connectivity index (χ1v) is 29.2. The van der Waals surface area contributed by atoms with E-state index in [1.165, 1.54) is 18.6 Å². The van der Waals surface area contributed by atoms with Crippen LogP contribution in [0.1, 0.15) is 129 Å². The van der Waals surface area contributed by atoms with Crippen molar-refractivity contribution in [3.8, 4) is 0 Å². The Morgan fingerprint density at radius 3 is 1.51 bits per heavy atom. The van der Waals surface area contributed by atoms with E-state index < -0.39 is 40.9 Å². The van der Waals surface area contributed by atoms with Crippen LogP contribution in [0, 0.1) is 11.8 Å². The molecule has 4 aromatic carbocycles. The van der Waals surface area contributed by atoms with Crippen molar-refractivity contribution in [3.05, 3.63) is 201 Å². The molecule has 0 aliphatic heterocycles. The SMILES string of the molecule is C[C@@](Cc1c[nH]c2ccccc12)(NC(=O)OCc1cccc(C(F)(F)F)c1)C(=O)NC(c1ccccn1)C1CCCCC1.C[C@@](Cc1c[nH]c2ccccc12)(NC(=O)OCc1cccc(Cl)c1Cl)C(=O)NC(c1ccccn1)C1CCCCC1. The molecule has 2 aliphatic rings. The van der Waals surface area contributed by atoms with Gasteiger partial charge < -0.3 is 40.7 Å². The lowest BCUT2D eigenvalue weighted by atomic mass is 9.81. The summed E-state index contributed by atoms with van der Waals surface area (Å²) in [4.78, 5) is 70.3. The minimum Gasteiger partial charge on any atom is -0.445 e. The van der Waals surface area contributed by atoms with Gasteiger partial charge in [-0.05, 0) is 123 Å².